The van der Waals surface area contributed by atoms with Gasteiger partial charge < -0.3 is 9.64 Å². The first-order valence-corrected chi connectivity index (χ1v) is 5.25. The van der Waals surface area contributed by atoms with Crippen LogP contribution in [0.5, 0.6) is 0 Å². The molecule has 3 heteroatoms. The molecule has 1 fully saturated rings. The summed E-state index contributed by atoms with van der Waals surface area (Å²) < 4.78 is 5.43. The lowest BCUT2D eigenvalue weighted by molar-refractivity contribution is 0.0908. The van der Waals surface area contributed by atoms with Crippen LogP contribution >= 0.6 is 11.6 Å². The van der Waals surface area contributed by atoms with Crippen molar-refractivity contribution in [2.75, 3.05) is 18.2 Å². The molecule has 2 rings (SSSR count). The highest BCUT2D eigenvalue weighted by atomic mass is 35.5. The van der Waals surface area contributed by atoms with Crippen LogP contribution < -0.4 is 4.90 Å². The third kappa shape index (κ3) is 2.02. The maximum atomic E-state index is 5.84. The minimum Gasteiger partial charge on any atom is -0.361 e. The zero-order valence-corrected chi connectivity index (χ0v) is 9.00. The Morgan fingerprint density at radius 2 is 2.07 bits per heavy atom. The standard InChI is InChI=1S/C11H14ClNO/c1-9-6-7-14-8-13(9)11-4-2-10(12)3-5-11/h2-5,9H,6-8H2,1H3. The maximum Gasteiger partial charge on any atom is 0.119 e. The van der Waals surface area contributed by atoms with E-state index in [-0.39, 0.29) is 0 Å². The monoisotopic (exact) mass is 211 g/mol. The summed E-state index contributed by atoms with van der Waals surface area (Å²) in [5.74, 6) is 0. The molecular formula is C11H14ClNO. The van der Waals surface area contributed by atoms with Gasteiger partial charge in [0, 0.05) is 16.8 Å². The number of anilines is 1. The van der Waals surface area contributed by atoms with Gasteiger partial charge in [-0.2, -0.15) is 0 Å². The topological polar surface area (TPSA) is 12.5 Å². The van der Waals surface area contributed by atoms with E-state index < -0.39 is 0 Å². The van der Waals surface area contributed by atoms with E-state index in [1.807, 2.05) is 24.3 Å². The van der Waals surface area contributed by atoms with E-state index in [0.717, 1.165) is 18.1 Å². The Bertz CT molecular complexity index is 299. The number of benzene rings is 1. The molecule has 0 spiro atoms. The van der Waals surface area contributed by atoms with Gasteiger partial charge in [-0.3, -0.25) is 0 Å². The van der Waals surface area contributed by atoms with E-state index in [2.05, 4.69) is 11.8 Å². The third-order valence-electron chi connectivity index (χ3n) is 2.60. The van der Waals surface area contributed by atoms with Crippen molar-refractivity contribution in [1.29, 1.82) is 0 Å². The number of hydrogen-bond donors (Lipinski definition) is 0. The summed E-state index contributed by atoms with van der Waals surface area (Å²) in [6.07, 6.45) is 1.09. The molecule has 1 aliphatic rings. The largest absolute Gasteiger partial charge is 0.361 e. The molecule has 0 bridgehead atoms. The first-order chi connectivity index (χ1) is 6.77. The van der Waals surface area contributed by atoms with Crippen molar-refractivity contribution in [2.24, 2.45) is 0 Å². The zero-order valence-electron chi connectivity index (χ0n) is 8.24. The minimum absolute atomic E-state index is 0.546. The molecule has 0 saturated carbocycles. The van der Waals surface area contributed by atoms with Gasteiger partial charge in [-0.25, -0.2) is 0 Å². The predicted octanol–water partition coefficient (Wildman–Crippen LogP) is 2.91. The number of nitrogens with zero attached hydrogens (tertiary/aromatic N) is 1. The van der Waals surface area contributed by atoms with Crippen molar-refractivity contribution in [2.45, 2.75) is 19.4 Å². The van der Waals surface area contributed by atoms with Crippen molar-refractivity contribution in [3.05, 3.63) is 29.3 Å². The summed E-state index contributed by atoms with van der Waals surface area (Å²) in [7, 11) is 0. The first kappa shape index (κ1) is 9.81. The van der Waals surface area contributed by atoms with Gasteiger partial charge in [-0.1, -0.05) is 11.6 Å². The van der Waals surface area contributed by atoms with E-state index in [9.17, 15) is 0 Å². The molecule has 1 aliphatic heterocycles. The Labute approximate surface area is 89.4 Å². The Balaban J connectivity index is 2.16. The lowest BCUT2D eigenvalue weighted by atomic mass is 10.1. The molecule has 1 unspecified atom stereocenters. The fourth-order valence-corrected chi connectivity index (χ4v) is 1.79. The summed E-state index contributed by atoms with van der Waals surface area (Å²) >= 11 is 5.84. The smallest absolute Gasteiger partial charge is 0.119 e. The quantitative estimate of drug-likeness (QED) is 0.708. The van der Waals surface area contributed by atoms with Crippen LogP contribution in [0.3, 0.4) is 0 Å². The molecule has 1 aromatic rings. The van der Waals surface area contributed by atoms with Gasteiger partial charge in [0.05, 0.1) is 6.61 Å². The van der Waals surface area contributed by atoms with Crippen molar-refractivity contribution >= 4 is 17.3 Å². The van der Waals surface area contributed by atoms with Gasteiger partial charge in [0.2, 0.25) is 0 Å². The van der Waals surface area contributed by atoms with Crippen molar-refractivity contribution < 1.29 is 4.74 Å². The van der Waals surface area contributed by atoms with Crippen LogP contribution in [0.25, 0.3) is 0 Å². The van der Waals surface area contributed by atoms with E-state index >= 15 is 0 Å². The molecule has 76 valence electrons. The highest BCUT2D eigenvalue weighted by Crippen LogP contribution is 2.23. The van der Waals surface area contributed by atoms with Gasteiger partial charge >= 0.3 is 0 Å². The van der Waals surface area contributed by atoms with Crippen LogP contribution in [0.2, 0.25) is 5.02 Å². The molecule has 0 aliphatic carbocycles. The molecule has 0 N–H and O–H groups in total. The van der Waals surface area contributed by atoms with Crippen LogP contribution in [0.1, 0.15) is 13.3 Å². The number of halogens is 1. The SMILES string of the molecule is CC1CCOCN1c1ccc(Cl)cc1. The Kier molecular flexibility index (Phi) is 2.94. The van der Waals surface area contributed by atoms with Crippen LogP contribution in [-0.4, -0.2) is 19.4 Å². The average Bonchev–Trinajstić information content (AvgIpc) is 2.20. The van der Waals surface area contributed by atoms with Crippen molar-refractivity contribution in [3.8, 4) is 0 Å². The number of rotatable bonds is 1. The maximum absolute atomic E-state index is 5.84. The van der Waals surface area contributed by atoms with E-state index in [4.69, 9.17) is 16.3 Å². The van der Waals surface area contributed by atoms with Crippen LogP contribution in [0, 0.1) is 0 Å². The highest BCUT2D eigenvalue weighted by Gasteiger charge is 2.18. The van der Waals surface area contributed by atoms with Crippen LogP contribution in [-0.2, 0) is 4.74 Å². The third-order valence-corrected chi connectivity index (χ3v) is 2.85. The minimum atomic E-state index is 0.546. The van der Waals surface area contributed by atoms with Gasteiger partial charge in [0.15, 0.2) is 0 Å². The molecule has 14 heavy (non-hydrogen) atoms. The number of hydrogen-bond acceptors (Lipinski definition) is 2. The van der Waals surface area contributed by atoms with E-state index in [0.29, 0.717) is 12.8 Å². The van der Waals surface area contributed by atoms with E-state index in [1.165, 1.54) is 5.69 Å². The van der Waals surface area contributed by atoms with Gasteiger partial charge in [-0.05, 0) is 37.6 Å². The molecule has 0 aromatic heterocycles. The molecule has 0 radical (unpaired) electrons. The molecule has 1 aromatic carbocycles. The summed E-state index contributed by atoms with van der Waals surface area (Å²) in [6.45, 7) is 3.77. The van der Waals surface area contributed by atoms with Gasteiger partial charge in [-0.15, -0.1) is 0 Å². The molecule has 2 nitrogen and oxygen atoms in total. The Hall–Kier alpha value is -0.730. The fraction of sp³-hybridized carbons (Fsp3) is 0.455. The first-order valence-electron chi connectivity index (χ1n) is 4.87. The molecule has 1 saturated heterocycles. The molecule has 0 amide bonds. The molecular weight excluding hydrogens is 198 g/mol. The zero-order chi connectivity index (χ0) is 9.97. The predicted molar refractivity (Wildman–Crippen MR) is 58.8 cm³/mol. The lowest BCUT2D eigenvalue weighted by Crippen LogP contribution is -2.40. The Morgan fingerprint density at radius 1 is 1.36 bits per heavy atom. The van der Waals surface area contributed by atoms with Crippen molar-refractivity contribution in [3.63, 3.8) is 0 Å². The normalized spacial score (nSPS) is 22.4. The summed E-state index contributed by atoms with van der Waals surface area (Å²) in [6, 6.07) is 8.45. The highest BCUT2D eigenvalue weighted by molar-refractivity contribution is 6.30. The average molecular weight is 212 g/mol. The summed E-state index contributed by atoms with van der Waals surface area (Å²) in [5.41, 5.74) is 1.18. The van der Waals surface area contributed by atoms with Gasteiger partial charge in [0.25, 0.3) is 0 Å². The Morgan fingerprint density at radius 3 is 2.71 bits per heavy atom. The van der Waals surface area contributed by atoms with Crippen LogP contribution in [0.15, 0.2) is 24.3 Å². The second-order valence-electron chi connectivity index (χ2n) is 3.62. The fourth-order valence-electron chi connectivity index (χ4n) is 1.66. The lowest BCUT2D eigenvalue weighted by Gasteiger charge is -2.35. The second kappa shape index (κ2) is 4.20. The molecule has 1 atom stereocenters. The summed E-state index contributed by atoms with van der Waals surface area (Å²) in [4.78, 5) is 2.25. The molecule has 1 heterocycles. The van der Waals surface area contributed by atoms with Crippen LogP contribution in [0.4, 0.5) is 5.69 Å². The number of ether oxygens (including phenoxy) is 1. The van der Waals surface area contributed by atoms with Gasteiger partial charge in [0.1, 0.15) is 6.73 Å². The van der Waals surface area contributed by atoms with Crippen molar-refractivity contribution in [1.82, 2.24) is 0 Å². The summed E-state index contributed by atoms with van der Waals surface area (Å²) in [5, 5.41) is 0.777. The second-order valence-corrected chi connectivity index (χ2v) is 4.06. The van der Waals surface area contributed by atoms with E-state index in [1.54, 1.807) is 0 Å².